The molecule has 0 radical (unpaired) electrons. The number of carboxylic acid groups (broad SMARTS) is 2. The van der Waals surface area contributed by atoms with Crippen molar-refractivity contribution in [1.82, 2.24) is 14.6 Å². The lowest BCUT2D eigenvalue weighted by Gasteiger charge is -2.31. The number of pyridine rings is 1. The number of carbonyl (C=O) groups is 2. The first-order valence-electron chi connectivity index (χ1n) is 6.83. The number of aliphatic carboxylic acids is 1. The fourth-order valence-corrected chi connectivity index (χ4v) is 2.74. The van der Waals surface area contributed by atoms with Gasteiger partial charge in [0, 0.05) is 13.1 Å². The van der Waals surface area contributed by atoms with Crippen LogP contribution in [0, 0.1) is 5.92 Å². The third kappa shape index (κ3) is 2.30. The SMILES string of the molecule is Nc1nc2c(N3CCC(C(=O)O)CC3)ccc(C(=O)O)n2n1. The summed E-state index contributed by atoms with van der Waals surface area (Å²) in [5, 5.41) is 22.1. The Morgan fingerprint density at radius 1 is 1.23 bits per heavy atom. The van der Waals surface area contributed by atoms with Crippen LogP contribution in [0.5, 0.6) is 0 Å². The van der Waals surface area contributed by atoms with Gasteiger partial charge < -0.3 is 20.8 Å². The van der Waals surface area contributed by atoms with Gasteiger partial charge in [-0.05, 0) is 25.0 Å². The summed E-state index contributed by atoms with van der Waals surface area (Å²) in [7, 11) is 0. The molecule has 0 aliphatic carbocycles. The smallest absolute Gasteiger partial charge is 0.354 e. The number of rotatable bonds is 3. The first-order chi connectivity index (χ1) is 10.5. The van der Waals surface area contributed by atoms with Gasteiger partial charge in [-0.15, -0.1) is 5.10 Å². The lowest BCUT2D eigenvalue weighted by Crippen LogP contribution is -2.36. The van der Waals surface area contributed by atoms with Gasteiger partial charge in [0.05, 0.1) is 11.6 Å². The maximum Gasteiger partial charge on any atom is 0.354 e. The molecule has 0 aromatic carbocycles. The molecule has 3 rings (SSSR count). The van der Waals surface area contributed by atoms with Crippen LogP contribution < -0.4 is 10.6 Å². The second kappa shape index (κ2) is 5.17. The average Bonchev–Trinajstić information content (AvgIpc) is 2.87. The molecule has 1 aliphatic rings. The summed E-state index contributed by atoms with van der Waals surface area (Å²) >= 11 is 0. The monoisotopic (exact) mass is 305 g/mol. The van der Waals surface area contributed by atoms with Gasteiger partial charge in [0.25, 0.3) is 0 Å². The number of carboxylic acids is 2. The number of hydrogen-bond acceptors (Lipinski definition) is 6. The molecule has 0 unspecified atom stereocenters. The van der Waals surface area contributed by atoms with Crippen molar-refractivity contribution in [3.05, 3.63) is 17.8 Å². The van der Waals surface area contributed by atoms with Crippen LogP contribution in [0.1, 0.15) is 23.3 Å². The van der Waals surface area contributed by atoms with E-state index in [2.05, 4.69) is 10.1 Å². The average molecular weight is 305 g/mol. The lowest BCUT2D eigenvalue weighted by molar-refractivity contribution is -0.142. The molecule has 3 heterocycles. The second-order valence-corrected chi connectivity index (χ2v) is 5.21. The van der Waals surface area contributed by atoms with Crippen LogP contribution in [0.25, 0.3) is 5.65 Å². The highest BCUT2D eigenvalue weighted by Crippen LogP contribution is 2.27. The predicted octanol–water partition coefficient (Wildman–Crippen LogP) is 0.311. The zero-order valence-corrected chi connectivity index (χ0v) is 11.6. The molecule has 1 saturated heterocycles. The predicted molar refractivity (Wildman–Crippen MR) is 76.9 cm³/mol. The number of nitrogen functional groups attached to an aromatic ring is 1. The highest BCUT2D eigenvalue weighted by atomic mass is 16.4. The Bertz CT molecular complexity index is 748. The quantitative estimate of drug-likeness (QED) is 0.737. The molecule has 1 aliphatic heterocycles. The molecule has 0 amide bonds. The summed E-state index contributed by atoms with van der Waals surface area (Å²) in [4.78, 5) is 28.3. The van der Waals surface area contributed by atoms with Crippen LogP contribution in [0.3, 0.4) is 0 Å². The molecule has 2 aromatic rings. The van der Waals surface area contributed by atoms with E-state index in [1.807, 2.05) is 4.90 Å². The molecule has 9 nitrogen and oxygen atoms in total. The third-order valence-electron chi connectivity index (χ3n) is 3.88. The van der Waals surface area contributed by atoms with Crippen molar-refractivity contribution in [3.8, 4) is 0 Å². The zero-order chi connectivity index (χ0) is 15.9. The van der Waals surface area contributed by atoms with E-state index < -0.39 is 11.9 Å². The fraction of sp³-hybridized carbons (Fsp3) is 0.385. The van der Waals surface area contributed by atoms with Crippen LogP contribution in [0.15, 0.2) is 12.1 Å². The summed E-state index contributed by atoms with van der Waals surface area (Å²) in [6.07, 6.45) is 1.07. The van der Waals surface area contributed by atoms with Crippen LogP contribution in [0.4, 0.5) is 11.6 Å². The maximum atomic E-state index is 11.2. The number of aromatic carboxylic acids is 1. The molecule has 9 heteroatoms. The number of nitrogens with two attached hydrogens (primary N) is 1. The third-order valence-corrected chi connectivity index (χ3v) is 3.88. The Kier molecular flexibility index (Phi) is 3.32. The standard InChI is InChI=1S/C13H15N5O4/c14-13-15-10-8(1-2-9(12(21)22)18(10)16-13)17-5-3-7(4-6-17)11(19)20/h1-2,7H,3-6H2,(H2,14,16)(H,19,20)(H,21,22). The number of nitrogens with zero attached hydrogens (tertiary/aromatic N) is 4. The van der Waals surface area contributed by atoms with E-state index in [0.29, 0.717) is 37.3 Å². The maximum absolute atomic E-state index is 11.2. The van der Waals surface area contributed by atoms with Crippen molar-refractivity contribution in [2.24, 2.45) is 5.92 Å². The highest BCUT2D eigenvalue weighted by molar-refractivity contribution is 5.88. The van der Waals surface area contributed by atoms with E-state index in [1.165, 1.54) is 10.6 Å². The minimum absolute atomic E-state index is 0.00429. The molecule has 116 valence electrons. The molecule has 2 aromatic heterocycles. The van der Waals surface area contributed by atoms with Crippen molar-refractivity contribution in [1.29, 1.82) is 0 Å². The van der Waals surface area contributed by atoms with E-state index in [0.717, 1.165) is 0 Å². The molecule has 0 spiro atoms. The van der Waals surface area contributed by atoms with Crippen molar-refractivity contribution in [3.63, 3.8) is 0 Å². The van der Waals surface area contributed by atoms with Gasteiger partial charge in [-0.2, -0.15) is 4.98 Å². The first kappa shape index (κ1) is 14.1. The molecular formula is C13H15N5O4. The van der Waals surface area contributed by atoms with E-state index >= 15 is 0 Å². The number of hydrogen-bond donors (Lipinski definition) is 3. The number of anilines is 2. The van der Waals surface area contributed by atoms with Crippen molar-refractivity contribution >= 4 is 29.2 Å². The molecule has 0 saturated carbocycles. The van der Waals surface area contributed by atoms with Gasteiger partial charge in [-0.3, -0.25) is 4.79 Å². The molecule has 22 heavy (non-hydrogen) atoms. The minimum Gasteiger partial charge on any atom is -0.481 e. The Morgan fingerprint density at radius 3 is 2.50 bits per heavy atom. The van der Waals surface area contributed by atoms with Gasteiger partial charge in [-0.1, -0.05) is 0 Å². The van der Waals surface area contributed by atoms with Crippen LogP contribution in [-0.2, 0) is 4.79 Å². The molecular weight excluding hydrogens is 290 g/mol. The van der Waals surface area contributed by atoms with E-state index in [4.69, 9.17) is 10.8 Å². The van der Waals surface area contributed by atoms with Crippen molar-refractivity contribution in [2.75, 3.05) is 23.7 Å². The van der Waals surface area contributed by atoms with E-state index in [-0.39, 0.29) is 17.6 Å². The largest absolute Gasteiger partial charge is 0.481 e. The summed E-state index contributed by atoms with van der Waals surface area (Å²) in [6.45, 7) is 1.12. The van der Waals surface area contributed by atoms with Gasteiger partial charge >= 0.3 is 11.9 Å². The van der Waals surface area contributed by atoms with Crippen LogP contribution >= 0.6 is 0 Å². The van der Waals surface area contributed by atoms with Crippen molar-refractivity contribution in [2.45, 2.75) is 12.8 Å². The van der Waals surface area contributed by atoms with Gasteiger partial charge in [0.15, 0.2) is 11.3 Å². The van der Waals surface area contributed by atoms with Gasteiger partial charge in [-0.25, -0.2) is 9.31 Å². The van der Waals surface area contributed by atoms with E-state index in [9.17, 15) is 14.7 Å². The van der Waals surface area contributed by atoms with Gasteiger partial charge in [0.2, 0.25) is 5.95 Å². The summed E-state index contributed by atoms with van der Waals surface area (Å²) in [5.74, 6) is -2.24. The number of aromatic nitrogens is 3. The minimum atomic E-state index is -1.12. The highest BCUT2D eigenvalue weighted by Gasteiger charge is 2.26. The van der Waals surface area contributed by atoms with E-state index in [1.54, 1.807) is 6.07 Å². The number of fused-ring (bicyclic) bond motifs is 1. The molecule has 0 atom stereocenters. The Morgan fingerprint density at radius 2 is 1.91 bits per heavy atom. The molecule has 0 bridgehead atoms. The Hall–Kier alpha value is -2.84. The van der Waals surface area contributed by atoms with Crippen molar-refractivity contribution < 1.29 is 19.8 Å². The Balaban J connectivity index is 1.97. The Labute approximate surface area is 125 Å². The number of piperidine rings is 1. The van der Waals surface area contributed by atoms with Crippen LogP contribution in [-0.4, -0.2) is 49.8 Å². The van der Waals surface area contributed by atoms with Crippen LogP contribution in [0.2, 0.25) is 0 Å². The summed E-state index contributed by atoms with van der Waals surface area (Å²) in [5.41, 5.74) is 6.64. The first-order valence-corrected chi connectivity index (χ1v) is 6.83. The zero-order valence-electron chi connectivity index (χ0n) is 11.6. The molecule has 1 fully saturated rings. The topological polar surface area (TPSA) is 134 Å². The lowest BCUT2D eigenvalue weighted by atomic mass is 9.97. The normalized spacial score (nSPS) is 16.1. The van der Waals surface area contributed by atoms with Gasteiger partial charge in [0.1, 0.15) is 0 Å². The summed E-state index contributed by atoms with van der Waals surface area (Å²) < 4.78 is 1.20. The molecule has 4 N–H and O–H groups in total. The second-order valence-electron chi connectivity index (χ2n) is 5.21. The fourth-order valence-electron chi connectivity index (χ4n) is 2.74. The summed E-state index contributed by atoms with van der Waals surface area (Å²) in [6, 6.07) is 3.11.